The van der Waals surface area contributed by atoms with Crippen LogP contribution < -0.4 is 0 Å². The number of thioether (sulfide) groups is 1. The summed E-state index contributed by atoms with van der Waals surface area (Å²) in [7, 11) is 0. The van der Waals surface area contributed by atoms with Crippen molar-refractivity contribution in [2.75, 3.05) is 0 Å². The maximum Gasteiger partial charge on any atom is 0.0119 e. The molecular weight excluding hydrogens is 224 g/mol. The molecule has 0 saturated heterocycles. The third-order valence-corrected chi connectivity index (χ3v) is 4.10. The second-order valence-electron chi connectivity index (χ2n) is 4.22. The first-order valence-corrected chi connectivity index (χ1v) is 6.75. The van der Waals surface area contributed by atoms with E-state index in [-0.39, 0.29) is 0 Å². The van der Waals surface area contributed by atoms with Crippen molar-refractivity contribution < 1.29 is 0 Å². The minimum Gasteiger partial charge on any atom is -0.0945 e. The van der Waals surface area contributed by atoms with Gasteiger partial charge in [0.25, 0.3) is 0 Å². The zero-order valence-electron chi connectivity index (χ0n) is 9.60. The molecule has 0 aliphatic heterocycles. The fourth-order valence-electron chi connectivity index (χ4n) is 2.13. The summed E-state index contributed by atoms with van der Waals surface area (Å²) in [6.45, 7) is 0. The van der Waals surface area contributed by atoms with Gasteiger partial charge in [0.2, 0.25) is 0 Å². The molecule has 0 saturated carbocycles. The highest BCUT2D eigenvalue weighted by molar-refractivity contribution is 8.03. The van der Waals surface area contributed by atoms with Crippen LogP contribution >= 0.6 is 11.8 Å². The molecule has 0 atom stereocenters. The highest BCUT2D eigenvalue weighted by atomic mass is 32.2. The Labute approximate surface area is 106 Å². The van der Waals surface area contributed by atoms with Gasteiger partial charge >= 0.3 is 0 Å². The molecule has 1 aliphatic carbocycles. The largest absolute Gasteiger partial charge is 0.0945 e. The molecule has 0 nitrogen and oxygen atoms in total. The van der Waals surface area contributed by atoms with E-state index in [0.717, 1.165) is 6.42 Å². The van der Waals surface area contributed by atoms with E-state index in [1.165, 1.54) is 27.3 Å². The van der Waals surface area contributed by atoms with Crippen molar-refractivity contribution >= 4 is 17.8 Å². The van der Waals surface area contributed by atoms with Crippen LogP contribution in [0.3, 0.4) is 0 Å². The van der Waals surface area contributed by atoms with Gasteiger partial charge in [-0.05, 0) is 47.1 Å². The van der Waals surface area contributed by atoms with Crippen molar-refractivity contribution in [2.24, 2.45) is 0 Å². The van der Waals surface area contributed by atoms with Gasteiger partial charge in [0, 0.05) is 4.90 Å². The van der Waals surface area contributed by atoms with Crippen molar-refractivity contribution in [1.82, 2.24) is 0 Å². The van der Waals surface area contributed by atoms with E-state index in [0.29, 0.717) is 0 Å². The topological polar surface area (TPSA) is 0 Å². The number of benzene rings is 2. The summed E-state index contributed by atoms with van der Waals surface area (Å²) in [5.74, 6) is 0. The van der Waals surface area contributed by atoms with Crippen LogP contribution in [0, 0.1) is 0 Å². The fourth-order valence-corrected chi connectivity index (χ4v) is 3.11. The first kappa shape index (κ1) is 10.7. The molecule has 0 fully saturated rings. The number of aryl methyl sites for hydroxylation is 1. The summed E-state index contributed by atoms with van der Waals surface area (Å²) in [5, 5.41) is 0. The molecule has 17 heavy (non-hydrogen) atoms. The van der Waals surface area contributed by atoms with E-state index in [2.05, 4.69) is 60.7 Å². The highest BCUT2D eigenvalue weighted by Crippen LogP contribution is 2.35. The van der Waals surface area contributed by atoms with E-state index in [9.17, 15) is 0 Å². The van der Waals surface area contributed by atoms with Crippen molar-refractivity contribution in [1.29, 1.82) is 0 Å². The van der Waals surface area contributed by atoms with E-state index in [4.69, 9.17) is 0 Å². The summed E-state index contributed by atoms with van der Waals surface area (Å²) < 4.78 is 0. The van der Waals surface area contributed by atoms with E-state index < -0.39 is 0 Å². The number of allylic oxidation sites excluding steroid dienone is 1. The summed E-state index contributed by atoms with van der Waals surface area (Å²) in [5.41, 5.74) is 2.86. The maximum absolute atomic E-state index is 2.33. The Bertz CT molecular complexity index is 540. The van der Waals surface area contributed by atoms with Crippen LogP contribution in [-0.4, -0.2) is 0 Å². The lowest BCUT2D eigenvalue weighted by molar-refractivity contribution is 0.973. The molecule has 0 spiro atoms. The molecule has 2 aromatic rings. The van der Waals surface area contributed by atoms with Gasteiger partial charge in [-0.3, -0.25) is 0 Å². The van der Waals surface area contributed by atoms with Gasteiger partial charge in [0.1, 0.15) is 0 Å². The van der Waals surface area contributed by atoms with Crippen LogP contribution in [0.2, 0.25) is 0 Å². The van der Waals surface area contributed by atoms with Gasteiger partial charge in [-0.15, -0.1) is 0 Å². The van der Waals surface area contributed by atoms with Gasteiger partial charge in [-0.1, -0.05) is 54.2 Å². The highest BCUT2D eigenvalue weighted by Gasteiger charge is 2.10. The predicted molar refractivity (Wildman–Crippen MR) is 75.0 cm³/mol. The van der Waals surface area contributed by atoms with Gasteiger partial charge in [-0.2, -0.15) is 0 Å². The number of rotatable bonds is 2. The Morgan fingerprint density at radius 3 is 2.41 bits per heavy atom. The second kappa shape index (κ2) is 4.80. The standard InChI is InChI=1S/C16H14S/c1-2-8-15(9-3-1)17-16-11-10-13-6-4-5-7-14(13)12-16/h1-9,12H,10-11H2. The lowest BCUT2D eigenvalue weighted by atomic mass is 9.98. The van der Waals surface area contributed by atoms with E-state index >= 15 is 0 Å². The zero-order valence-corrected chi connectivity index (χ0v) is 10.4. The minimum absolute atomic E-state index is 1.16. The average Bonchev–Trinajstić information content (AvgIpc) is 2.40. The normalized spacial score (nSPS) is 14.0. The third kappa shape index (κ3) is 2.45. The molecule has 0 heterocycles. The van der Waals surface area contributed by atoms with Crippen molar-refractivity contribution in [2.45, 2.75) is 17.7 Å². The molecular formula is C16H14S. The molecule has 84 valence electrons. The van der Waals surface area contributed by atoms with E-state index in [1.54, 1.807) is 0 Å². The molecule has 0 radical (unpaired) electrons. The fraction of sp³-hybridized carbons (Fsp3) is 0.125. The van der Waals surface area contributed by atoms with Crippen LogP contribution in [0.4, 0.5) is 0 Å². The van der Waals surface area contributed by atoms with Crippen LogP contribution in [-0.2, 0) is 6.42 Å². The van der Waals surface area contributed by atoms with Crippen molar-refractivity contribution in [3.05, 3.63) is 70.6 Å². The van der Waals surface area contributed by atoms with Crippen LogP contribution in [0.1, 0.15) is 17.5 Å². The molecule has 2 aromatic carbocycles. The third-order valence-electron chi connectivity index (χ3n) is 3.00. The molecule has 0 unspecified atom stereocenters. The molecule has 0 N–H and O–H groups in total. The number of fused-ring (bicyclic) bond motifs is 1. The molecule has 3 rings (SSSR count). The second-order valence-corrected chi connectivity index (χ2v) is 5.42. The molecule has 0 aromatic heterocycles. The van der Waals surface area contributed by atoms with Gasteiger partial charge in [0.05, 0.1) is 0 Å². The Morgan fingerprint density at radius 1 is 0.765 bits per heavy atom. The van der Waals surface area contributed by atoms with Gasteiger partial charge < -0.3 is 0 Å². The quantitative estimate of drug-likeness (QED) is 0.726. The number of hydrogen-bond donors (Lipinski definition) is 0. The molecule has 1 aliphatic rings. The van der Waals surface area contributed by atoms with Crippen molar-refractivity contribution in [3.8, 4) is 0 Å². The van der Waals surface area contributed by atoms with Crippen LogP contribution in [0.25, 0.3) is 6.08 Å². The van der Waals surface area contributed by atoms with Crippen molar-refractivity contribution in [3.63, 3.8) is 0 Å². The van der Waals surface area contributed by atoms with Crippen LogP contribution in [0.5, 0.6) is 0 Å². The smallest absolute Gasteiger partial charge is 0.0119 e. The molecule has 0 amide bonds. The first-order valence-electron chi connectivity index (χ1n) is 5.93. The number of hydrogen-bond acceptors (Lipinski definition) is 1. The summed E-state index contributed by atoms with van der Waals surface area (Å²) in [4.78, 5) is 2.80. The SMILES string of the molecule is C1=C(Sc2ccccc2)CCc2ccccc21. The first-order chi connectivity index (χ1) is 8.42. The maximum atomic E-state index is 2.33. The zero-order chi connectivity index (χ0) is 11.5. The molecule has 0 bridgehead atoms. The van der Waals surface area contributed by atoms with Crippen LogP contribution in [0.15, 0.2) is 64.4 Å². The van der Waals surface area contributed by atoms with Gasteiger partial charge in [-0.25, -0.2) is 0 Å². The monoisotopic (exact) mass is 238 g/mol. The Hall–Kier alpha value is -1.47. The lowest BCUT2D eigenvalue weighted by Crippen LogP contribution is -1.96. The minimum atomic E-state index is 1.16. The lowest BCUT2D eigenvalue weighted by Gasteiger charge is -2.15. The Morgan fingerprint density at radius 2 is 1.53 bits per heavy atom. The summed E-state index contributed by atoms with van der Waals surface area (Å²) in [6.07, 6.45) is 4.66. The summed E-state index contributed by atoms with van der Waals surface area (Å²) in [6, 6.07) is 19.3. The summed E-state index contributed by atoms with van der Waals surface area (Å²) >= 11 is 1.89. The Balaban J connectivity index is 1.85. The molecule has 1 heteroatoms. The Kier molecular flexibility index (Phi) is 3.02. The van der Waals surface area contributed by atoms with Gasteiger partial charge in [0.15, 0.2) is 0 Å². The van der Waals surface area contributed by atoms with E-state index in [1.807, 2.05) is 11.8 Å². The average molecular weight is 238 g/mol. The predicted octanol–water partition coefficient (Wildman–Crippen LogP) is 4.77.